The number of benzene rings is 1. The van der Waals surface area contributed by atoms with E-state index in [-0.39, 0.29) is 11.7 Å². The van der Waals surface area contributed by atoms with E-state index in [4.69, 9.17) is 0 Å². The van der Waals surface area contributed by atoms with Crippen molar-refractivity contribution in [2.45, 2.75) is 19.8 Å². The number of hydrogen-bond donors (Lipinski definition) is 2. The van der Waals surface area contributed by atoms with Crippen molar-refractivity contribution < 1.29 is 9.90 Å². The van der Waals surface area contributed by atoms with E-state index in [1.54, 1.807) is 31.2 Å². The van der Waals surface area contributed by atoms with Gasteiger partial charge in [0.2, 0.25) is 0 Å². The molecule has 2 heterocycles. The van der Waals surface area contributed by atoms with Crippen LogP contribution in [0.2, 0.25) is 0 Å². The first-order valence-electron chi connectivity index (χ1n) is 7.90. The summed E-state index contributed by atoms with van der Waals surface area (Å²) in [7, 11) is 0. The monoisotopic (exact) mass is 351 g/mol. The van der Waals surface area contributed by atoms with Crippen LogP contribution in [0.25, 0.3) is 0 Å². The van der Waals surface area contributed by atoms with Crippen molar-refractivity contribution in [1.29, 1.82) is 0 Å². The Bertz CT molecular complexity index is 899. The van der Waals surface area contributed by atoms with Crippen molar-refractivity contribution in [3.05, 3.63) is 57.2 Å². The minimum Gasteiger partial charge on any atom is -0.508 e. The number of aryl methyl sites for hydroxylation is 1. The minimum atomic E-state index is -0.158. The summed E-state index contributed by atoms with van der Waals surface area (Å²) in [5, 5.41) is 12.7. The Morgan fingerprint density at radius 1 is 1.28 bits per heavy atom. The number of nitrogens with zero attached hydrogens (tertiary/aromatic N) is 2. The molecule has 0 radical (unpaired) electrons. The van der Waals surface area contributed by atoms with Gasteiger partial charge in [-0.05, 0) is 50.0 Å². The highest BCUT2D eigenvalue weighted by atomic mass is 32.1. The highest BCUT2D eigenvalue weighted by molar-refractivity contribution is 7.14. The Morgan fingerprint density at radius 3 is 2.80 bits per heavy atom. The Morgan fingerprint density at radius 2 is 2.08 bits per heavy atom. The number of aromatic nitrogens is 1. The summed E-state index contributed by atoms with van der Waals surface area (Å²) in [6, 6.07) is 6.63. The molecule has 5 nitrogen and oxygen atoms in total. The van der Waals surface area contributed by atoms with E-state index in [1.165, 1.54) is 11.3 Å². The molecule has 0 fully saturated rings. The molecule has 25 heavy (non-hydrogen) atoms. The maximum Gasteiger partial charge on any atom is 0.263 e. The zero-order valence-corrected chi connectivity index (χ0v) is 14.6. The first kappa shape index (κ1) is 16.9. The lowest BCUT2D eigenvalue weighted by Gasteiger charge is -2.07. The van der Waals surface area contributed by atoms with Crippen molar-refractivity contribution >= 4 is 23.5 Å². The number of phenols is 1. The van der Waals surface area contributed by atoms with E-state index in [9.17, 15) is 9.90 Å². The number of allylic oxidation sites excluding steroid dienone is 1. The van der Waals surface area contributed by atoms with Crippen LogP contribution >= 0.6 is 11.3 Å². The van der Waals surface area contributed by atoms with Crippen molar-refractivity contribution in [1.82, 2.24) is 10.3 Å². The molecule has 0 saturated heterocycles. The molecular weight excluding hydrogens is 334 g/mol. The summed E-state index contributed by atoms with van der Waals surface area (Å²) < 4.78 is 0. The second-order valence-corrected chi connectivity index (χ2v) is 6.50. The zero-order chi connectivity index (χ0) is 17.6. The van der Waals surface area contributed by atoms with E-state index < -0.39 is 0 Å². The Kier molecular flexibility index (Phi) is 5.26. The summed E-state index contributed by atoms with van der Waals surface area (Å²) in [6.45, 7) is 2.22. The van der Waals surface area contributed by atoms with Crippen molar-refractivity contribution in [2.24, 2.45) is 4.99 Å². The molecule has 126 valence electrons. The number of phenolic OH excluding ortho intramolecular Hbond substituents is 1. The smallest absolute Gasteiger partial charge is 0.263 e. The average Bonchev–Trinajstić information content (AvgIpc) is 3.01. The van der Waals surface area contributed by atoms with E-state index >= 15 is 0 Å². The lowest BCUT2D eigenvalue weighted by Crippen LogP contribution is -2.25. The highest BCUT2D eigenvalue weighted by Gasteiger charge is 2.14. The molecule has 1 amide bonds. The van der Waals surface area contributed by atoms with Gasteiger partial charge in [0.25, 0.3) is 5.91 Å². The number of hydrogen-bond acceptors (Lipinski definition) is 5. The molecule has 2 N–H and O–H groups in total. The average molecular weight is 351 g/mol. The molecule has 3 rings (SSSR count). The lowest BCUT2D eigenvalue weighted by atomic mass is 10.2. The number of thiazole rings is 1. The normalized spacial score (nSPS) is 12.9. The highest BCUT2D eigenvalue weighted by Crippen LogP contribution is 2.18. The van der Waals surface area contributed by atoms with Gasteiger partial charge in [0.1, 0.15) is 10.6 Å². The van der Waals surface area contributed by atoms with Gasteiger partial charge < -0.3 is 10.4 Å². The van der Waals surface area contributed by atoms with Gasteiger partial charge in [0.15, 0.2) is 5.01 Å². The SMILES string of the molecule is Cc1nc(C#Cc2ccc(O)cc2)sc1C(=O)NCC1=CCCC=N1. The predicted molar refractivity (Wildman–Crippen MR) is 99.1 cm³/mol. The summed E-state index contributed by atoms with van der Waals surface area (Å²) in [5.41, 5.74) is 2.33. The van der Waals surface area contributed by atoms with Gasteiger partial charge >= 0.3 is 0 Å². The fraction of sp³-hybridized carbons (Fsp3) is 0.211. The molecule has 2 aromatic rings. The van der Waals surface area contributed by atoms with Gasteiger partial charge in [-0.25, -0.2) is 4.98 Å². The van der Waals surface area contributed by atoms with Crippen LogP contribution < -0.4 is 5.32 Å². The Labute approximate surface area is 150 Å². The molecule has 1 aromatic carbocycles. The van der Waals surface area contributed by atoms with E-state index in [0.29, 0.717) is 22.1 Å². The molecule has 0 unspecified atom stereocenters. The van der Waals surface area contributed by atoms with Crippen molar-refractivity contribution in [3.63, 3.8) is 0 Å². The van der Waals surface area contributed by atoms with Gasteiger partial charge in [0.05, 0.1) is 17.9 Å². The van der Waals surface area contributed by atoms with Gasteiger partial charge in [-0.15, -0.1) is 11.3 Å². The first-order chi connectivity index (χ1) is 12.1. The summed E-state index contributed by atoms with van der Waals surface area (Å²) in [5.74, 6) is 5.98. The number of aliphatic imine (C=N–C) groups is 1. The molecule has 1 aromatic heterocycles. The maximum atomic E-state index is 12.3. The number of aromatic hydroxyl groups is 1. The molecule has 6 heteroatoms. The molecule has 1 aliphatic rings. The van der Waals surface area contributed by atoms with Crippen LogP contribution in [0.1, 0.15) is 38.8 Å². The largest absolute Gasteiger partial charge is 0.508 e. The van der Waals surface area contributed by atoms with Crippen LogP contribution in [0.5, 0.6) is 5.75 Å². The van der Waals surface area contributed by atoms with Crippen LogP contribution in [0, 0.1) is 18.8 Å². The minimum absolute atomic E-state index is 0.158. The molecule has 0 spiro atoms. The summed E-state index contributed by atoms with van der Waals surface area (Å²) in [4.78, 5) is 21.5. The number of amides is 1. The van der Waals surface area contributed by atoms with Crippen LogP contribution in [-0.2, 0) is 0 Å². The molecule has 0 bridgehead atoms. The second-order valence-electron chi connectivity index (χ2n) is 5.50. The van der Waals surface area contributed by atoms with Crippen molar-refractivity contribution in [2.75, 3.05) is 6.54 Å². The van der Waals surface area contributed by atoms with Crippen LogP contribution in [-0.4, -0.2) is 28.8 Å². The maximum absolute atomic E-state index is 12.3. The Balaban J connectivity index is 1.67. The summed E-state index contributed by atoms with van der Waals surface area (Å²) in [6.07, 6.45) is 5.82. The third kappa shape index (κ3) is 4.55. The molecule has 0 atom stereocenters. The fourth-order valence-electron chi connectivity index (χ4n) is 2.26. The standard InChI is InChI=1S/C19H17N3O2S/c1-13-18(19(24)21-12-15-4-2-3-11-20-15)25-17(22-13)10-7-14-5-8-16(23)9-6-14/h4-6,8-9,11,23H,2-3,12H2,1H3,(H,21,24). The molecule has 0 saturated carbocycles. The number of carbonyl (C=O) groups is 1. The van der Waals surface area contributed by atoms with Gasteiger partial charge in [0, 0.05) is 11.8 Å². The van der Waals surface area contributed by atoms with E-state index in [2.05, 4.69) is 27.1 Å². The van der Waals surface area contributed by atoms with E-state index in [0.717, 1.165) is 24.1 Å². The second kappa shape index (κ2) is 7.77. The first-order valence-corrected chi connectivity index (χ1v) is 8.72. The summed E-state index contributed by atoms with van der Waals surface area (Å²) >= 11 is 1.27. The third-order valence-electron chi connectivity index (χ3n) is 3.55. The van der Waals surface area contributed by atoms with Crippen LogP contribution in [0.15, 0.2) is 41.0 Å². The third-order valence-corrected chi connectivity index (χ3v) is 4.62. The molecule has 0 aliphatic carbocycles. The molecular formula is C19H17N3O2S. The van der Waals surface area contributed by atoms with E-state index in [1.807, 2.05) is 12.3 Å². The van der Waals surface area contributed by atoms with Gasteiger partial charge in [-0.1, -0.05) is 12.0 Å². The van der Waals surface area contributed by atoms with Crippen LogP contribution in [0.4, 0.5) is 0 Å². The topological polar surface area (TPSA) is 74.6 Å². The quantitative estimate of drug-likeness (QED) is 0.835. The lowest BCUT2D eigenvalue weighted by molar-refractivity contribution is 0.0960. The Hall–Kier alpha value is -2.91. The number of rotatable bonds is 3. The van der Waals surface area contributed by atoms with Gasteiger partial charge in [-0.2, -0.15) is 0 Å². The van der Waals surface area contributed by atoms with Crippen molar-refractivity contribution in [3.8, 4) is 17.6 Å². The molecule has 1 aliphatic heterocycles. The predicted octanol–water partition coefficient (Wildman–Crippen LogP) is 3.04. The number of nitrogens with one attached hydrogen (secondary N) is 1. The van der Waals surface area contributed by atoms with Gasteiger partial charge in [-0.3, -0.25) is 9.79 Å². The van der Waals surface area contributed by atoms with Crippen LogP contribution in [0.3, 0.4) is 0 Å². The fourth-order valence-corrected chi connectivity index (χ4v) is 3.10. The number of carbonyl (C=O) groups excluding carboxylic acids is 1. The zero-order valence-electron chi connectivity index (χ0n) is 13.7.